The van der Waals surface area contributed by atoms with Gasteiger partial charge in [-0.2, -0.15) is 0 Å². The van der Waals surface area contributed by atoms with E-state index >= 15 is 0 Å². The second-order valence-corrected chi connectivity index (χ2v) is 6.59. The molecule has 0 radical (unpaired) electrons. The third-order valence-corrected chi connectivity index (χ3v) is 3.95. The first-order chi connectivity index (χ1) is 7.95. The molecule has 0 aromatic carbocycles. The Morgan fingerprint density at radius 2 is 1.88 bits per heavy atom. The topological polar surface area (TPSA) is 21.3 Å². The van der Waals surface area contributed by atoms with Crippen LogP contribution < -0.4 is 5.32 Å². The molecule has 0 aliphatic heterocycles. The van der Waals surface area contributed by atoms with Gasteiger partial charge in [0.15, 0.2) is 0 Å². The molecule has 1 rings (SSSR count). The molecule has 0 bridgehead atoms. The molecule has 102 valence electrons. The summed E-state index contributed by atoms with van der Waals surface area (Å²) in [6.07, 6.45) is 5.49. The summed E-state index contributed by atoms with van der Waals surface area (Å²) in [6, 6.07) is 1.15. The molecule has 0 heterocycles. The summed E-state index contributed by atoms with van der Waals surface area (Å²) >= 11 is 0. The Morgan fingerprint density at radius 3 is 2.47 bits per heavy atom. The molecule has 1 N–H and O–H groups in total. The Labute approximate surface area is 108 Å². The van der Waals surface area contributed by atoms with Gasteiger partial charge in [-0.1, -0.05) is 33.6 Å². The zero-order chi connectivity index (χ0) is 12.9. The molecular weight excluding hydrogens is 210 g/mol. The fraction of sp³-hybridized carbons (Fsp3) is 1.00. The van der Waals surface area contributed by atoms with Gasteiger partial charge in [-0.3, -0.25) is 0 Å². The summed E-state index contributed by atoms with van der Waals surface area (Å²) in [5.41, 5.74) is 0.420. The highest BCUT2D eigenvalue weighted by atomic mass is 16.5. The van der Waals surface area contributed by atoms with Gasteiger partial charge in [-0.25, -0.2) is 0 Å². The Hall–Kier alpha value is -0.0800. The van der Waals surface area contributed by atoms with Gasteiger partial charge in [0, 0.05) is 18.7 Å². The highest BCUT2D eigenvalue weighted by Gasteiger charge is 2.34. The molecular formula is C15H31NO. The molecule has 3 unspecified atom stereocenters. The van der Waals surface area contributed by atoms with E-state index in [1.54, 1.807) is 0 Å². The first-order valence-electron chi connectivity index (χ1n) is 7.29. The van der Waals surface area contributed by atoms with E-state index < -0.39 is 0 Å². The van der Waals surface area contributed by atoms with E-state index in [2.05, 4.69) is 39.9 Å². The van der Waals surface area contributed by atoms with Gasteiger partial charge < -0.3 is 10.1 Å². The molecule has 1 fully saturated rings. The number of hydrogen-bond acceptors (Lipinski definition) is 2. The molecule has 1 aliphatic carbocycles. The lowest BCUT2D eigenvalue weighted by Crippen LogP contribution is -2.48. The zero-order valence-corrected chi connectivity index (χ0v) is 12.4. The van der Waals surface area contributed by atoms with Gasteiger partial charge in [0.1, 0.15) is 0 Å². The van der Waals surface area contributed by atoms with Crippen molar-refractivity contribution in [2.45, 2.75) is 72.4 Å². The molecule has 0 spiro atoms. The van der Waals surface area contributed by atoms with Crippen LogP contribution in [0, 0.1) is 11.3 Å². The van der Waals surface area contributed by atoms with Crippen LogP contribution in [0.1, 0.15) is 60.3 Å². The molecule has 0 amide bonds. The minimum atomic E-state index is 0.420. The van der Waals surface area contributed by atoms with Gasteiger partial charge in [-0.05, 0) is 38.0 Å². The summed E-state index contributed by atoms with van der Waals surface area (Å²) in [7, 11) is 0. The Kier molecular flexibility index (Phi) is 5.94. The quantitative estimate of drug-likeness (QED) is 0.794. The van der Waals surface area contributed by atoms with E-state index in [0.717, 1.165) is 19.1 Å². The van der Waals surface area contributed by atoms with Crippen molar-refractivity contribution in [1.82, 2.24) is 5.32 Å². The SMILES string of the molecule is CCOCC(C)NC1CCCCC1C(C)(C)C. The van der Waals surface area contributed by atoms with Crippen molar-refractivity contribution in [3.05, 3.63) is 0 Å². The lowest BCUT2D eigenvalue weighted by molar-refractivity contribution is 0.0900. The molecule has 1 saturated carbocycles. The smallest absolute Gasteiger partial charge is 0.0616 e. The predicted molar refractivity (Wildman–Crippen MR) is 74.3 cm³/mol. The minimum Gasteiger partial charge on any atom is -0.380 e. The fourth-order valence-electron chi connectivity index (χ4n) is 3.08. The number of ether oxygens (including phenoxy) is 1. The second kappa shape index (κ2) is 6.75. The average Bonchev–Trinajstić information content (AvgIpc) is 2.25. The van der Waals surface area contributed by atoms with Gasteiger partial charge in [-0.15, -0.1) is 0 Å². The third kappa shape index (κ3) is 4.97. The van der Waals surface area contributed by atoms with Crippen LogP contribution in [0.4, 0.5) is 0 Å². The summed E-state index contributed by atoms with van der Waals surface area (Å²) in [4.78, 5) is 0. The predicted octanol–water partition coefficient (Wildman–Crippen LogP) is 3.61. The molecule has 0 saturated heterocycles. The van der Waals surface area contributed by atoms with Gasteiger partial charge in [0.2, 0.25) is 0 Å². The van der Waals surface area contributed by atoms with Crippen molar-refractivity contribution in [2.24, 2.45) is 11.3 Å². The normalized spacial score (nSPS) is 28.1. The molecule has 17 heavy (non-hydrogen) atoms. The largest absolute Gasteiger partial charge is 0.380 e. The van der Waals surface area contributed by atoms with Crippen molar-refractivity contribution in [1.29, 1.82) is 0 Å². The van der Waals surface area contributed by atoms with E-state index in [0.29, 0.717) is 17.5 Å². The highest BCUT2D eigenvalue weighted by molar-refractivity contribution is 4.89. The Balaban J connectivity index is 2.48. The van der Waals surface area contributed by atoms with E-state index in [1.165, 1.54) is 25.7 Å². The van der Waals surface area contributed by atoms with Crippen molar-refractivity contribution >= 4 is 0 Å². The number of hydrogen-bond donors (Lipinski definition) is 1. The molecule has 1 aliphatic rings. The number of nitrogens with one attached hydrogen (secondary N) is 1. The van der Waals surface area contributed by atoms with E-state index in [1.807, 2.05) is 0 Å². The van der Waals surface area contributed by atoms with Crippen molar-refractivity contribution < 1.29 is 4.74 Å². The summed E-state index contributed by atoms with van der Waals surface area (Å²) in [5.74, 6) is 0.806. The van der Waals surface area contributed by atoms with E-state index in [-0.39, 0.29) is 0 Å². The Bertz CT molecular complexity index is 209. The van der Waals surface area contributed by atoms with E-state index in [4.69, 9.17) is 4.74 Å². The van der Waals surface area contributed by atoms with Crippen molar-refractivity contribution in [2.75, 3.05) is 13.2 Å². The molecule has 2 nitrogen and oxygen atoms in total. The summed E-state index contributed by atoms with van der Waals surface area (Å²) < 4.78 is 5.50. The van der Waals surface area contributed by atoms with Crippen molar-refractivity contribution in [3.8, 4) is 0 Å². The fourth-order valence-corrected chi connectivity index (χ4v) is 3.08. The van der Waals surface area contributed by atoms with E-state index in [9.17, 15) is 0 Å². The maximum absolute atomic E-state index is 5.50. The summed E-state index contributed by atoms with van der Waals surface area (Å²) in [6.45, 7) is 13.1. The van der Waals surface area contributed by atoms with Crippen LogP contribution in [0.25, 0.3) is 0 Å². The van der Waals surface area contributed by atoms with Gasteiger partial charge in [0.05, 0.1) is 6.61 Å². The zero-order valence-electron chi connectivity index (χ0n) is 12.4. The third-order valence-electron chi connectivity index (χ3n) is 3.95. The maximum Gasteiger partial charge on any atom is 0.0616 e. The van der Waals surface area contributed by atoms with Crippen molar-refractivity contribution in [3.63, 3.8) is 0 Å². The van der Waals surface area contributed by atoms with Crippen LogP contribution in [0.2, 0.25) is 0 Å². The van der Waals surface area contributed by atoms with Crippen LogP contribution in [0.5, 0.6) is 0 Å². The second-order valence-electron chi connectivity index (χ2n) is 6.59. The molecule has 3 atom stereocenters. The lowest BCUT2D eigenvalue weighted by atomic mass is 9.69. The van der Waals surface area contributed by atoms with Gasteiger partial charge >= 0.3 is 0 Å². The van der Waals surface area contributed by atoms with Gasteiger partial charge in [0.25, 0.3) is 0 Å². The van der Waals surface area contributed by atoms with Crippen LogP contribution in [0.3, 0.4) is 0 Å². The van der Waals surface area contributed by atoms with Crippen LogP contribution >= 0.6 is 0 Å². The monoisotopic (exact) mass is 241 g/mol. The standard InChI is InChI=1S/C15H31NO/c1-6-17-11-12(2)16-14-10-8-7-9-13(14)15(3,4)5/h12-14,16H,6-11H2,1-5H3. The first-order valence-corrected chi connectivity index (χ1v) is 7.29. The Morgan fingerprint density at radius 1 is 1.24 bits per heavy atom. The molecule has 0 aromatic rings. The number of rotatable bonds is 5. The van der Waals surface area contributed by atoms with Crippen LogP contribution in [-0.2, 0) is 4.74 Å². The minimum absolute atomic E-state index is 0.420. The average molecular weight is 241 g/mol. The lowest BCUT2D eigenvalue weighted by Gasteiger charge is -2.42. The van der Waals surface area contributed by atoms with Crippen LogP contribution in [0.15, 0.2) is 0 Å². The van der Waals surface area contributed by atoms with Crippen LogP contribution in [-0.4, -0.2) is 25.3 Å². The molecule has 0 aromatic heterocycles. The summed E-state index contributed by atoms with van der Waals surface area (Å²) in [5, 5.41) is 3.79. The first kappa shape index (κ1) is 15.0. The highest BCUT2D eigenvalue weighted by Crippen LogP contribution is 2.38. The molecule has 2 heteroatoms. The maximum atomic E-state index is 5.50.